The molecule has 0 fully saturated rings. The molecule has 1 rings (SSSR count). The number of nitrogens with zero attached hydrogens (tertiary/aromatic N) is 1. The smallest absolute Gasteiger partial charge is 0.160 e. The van der Waals surface area contributed by atoms with Crippen LogP contribution < -0.4 is 10.5 Å². The molecule has 3 heteroatoms. The van der Waals surface area contributed by atoms with Crippen molar-refractivity contribution >= 4 is 11.8 Å². The lowest BCUT2D eigenvalue weighted by atomic mass is 10.3. The molecule has 0 aliphatic rings. The first kappa shape index (κ1) is 7.60. The van der Waals surface area contributed by atoms with Crippen LogP contribution in [0.15, 0.2) is 18.8 Å². The number of rotatable bonds is 2. The Labute approximate surface area is 65.5 Å². The average Bonchev–Trinajstić information content (AvgIpc) is 2.04. The van der Waals surface area contributed by atoms with E-state index < -0.39 is 0 Å². The van der Waals surface area contributed by atoms with Crippen molar-refractivity contribution in [2.24, 2.45) is 0 Å². The van der Waals surface area contributed by atoms with E-state index in [9.17, 15) is 0 Å². The Morgan fingerprint density at radius 2 is 2.45 bits per heavy atom. The van der Waals surface area contributed by atoms with Crippen LogP contribution in [0.1, 0.15) is 5.69 Å². The first-order valence-electron chi connectivity index (χ1n) is 3.20. The van der Waals surface area contributed by atoms with Gasteiger partial charge >= 0.3 is 0 Å². The number of nitrogens with two attached hydrogens (primary N) is 1. The maximum Gasteiger partial charge on any atom is 0.160 e. The van der Waals surface area contributed by atoms with E-state index in [0.717, 1.165) is 5.69 Å². The fraction of sp³-hybridized carbons (Fsp3) is 0.125. The second-order valence-electron chi connectivity index (χ2n) is 2.06. The largest absolute Gasteiger partial charge is 0.493 e. The second kappa shape index (κ2) is 3.05. The molecule has 0 saturated heterocycles. The van der Waals surface area contributed by atoms with Gasteiger partial charge in [-0.25, -0.2) is 0 Å². The summed E-state index contributed by atoms with van der Waals surface area (Å²) < 4.78 is 4.92. The number of ether oxygens (including phenoxy) is 1. The predicted octanol–water partition coefficient (Wildman–Crippen LogP) is 1.32. The number of hydrogen-bond donors (Lipinski definition) is 1. The summed E-state index contributed by atoms with van der Waals surface area (Å²) in [5.41, 5.74) is 6.93. The van der Waals surface area contributed by atoms with E-state index >= 15 is 0 Å². The number of aromatic nitrogens is 1. The lowest BCUT2D eigenvalue weighted by molar-refractivity contribution is 0.415. The highest BCUT2D eigenvalue weighted by molar-refractivity contribution is 5.57. The normalized spacial score (nSPS) is 9.18. The van der Waals surface area contributed by atoms with Crippen LogP contribution in [-0.4, -0.2) is 12.1 Å². The third-order valence-corrected chi connectivity index (χ3v) is 1.35. The Morgan fingerprint density at radius 1 is 1.73 bits per heavy atom. The first-order chi connectivity index (χ1) is 5.27. The number of methoxy groups -OCH3 is 1. The summed E-state index contributed by atoms with van der Waals surface area (Å²) in [4.78, 5) is 4.01. The van der Waals surface area contributed by atoms with Crippen LogP contribution >= 0.6 is 0 Å². The molecular formula is C8H10N2O. The molecule has 11 heavy (non-hydrogen) atoms. The van der Waals surface area contributed by atoms with E-state index in [1.165, 1.54) is 0 Å². The van der Waals surface area contributed by atoms with Crippen LogP contribution in [0.4, 0.5) is 5.69 Å². The average molecular weight is 150 g/mol. The quantitative estimate of drug-likeness (QED) is 0.691. The van der Waals surface area contributed by atoms with Gasteiger partial charge < -0.3 is 10.5 Å². The second-order valence-corrected chi connectivity index (χ2v) is 2.06. The van der Waals surface area contributed by atoms with Gasteiger partial charge in [-0.05, 0) is 12.1 Å². The van der Waals surface area contributed by atoms with Gasteiger partial charge in [0.2, 0.25) is 0 Å². The Balaban J connectivity index is 3.09. The van der Waals surface area contributed by atoms with Crippen molar-refractivity contribution in [2.45, 2.75) is 0 Å². The summed E-state index contributed by atoms with van der Waals surface area (Å²) >= 11 is 0. The molecule has 0 amide bonds. The minimum Gasteiger partial charge on any atom is -0.493 e. The van der Waals surface area contributed by atoms with Crippen molar-refractivity contribution in [3.63, 3.8) is 0 Å². The molecule has 0 aliphatic heterocycles. The molecular weight excluding hydrogens is 140 g/mol. The number of pyridine rings is 1. The van der Waals surface area contributed by atoms with Crippen molar-refractivity contribution < 1.29 is 4.74 Å². The number of anilines is 1. The van der Waals surface area contributed by atoms with Crippen molar-refractivity contribution in [2.75, 3.05) is 12.8 Å². The van der Waals surface area contributed by atoms with E-state index in [2.05, 4.69) is 11.6 Å². The van der Waals surface area contributed by atoms with Crippen LogP contribution in [-0.2, 0) is 0 Å². The lowest BCUT2D eigenvalue weighted by Crippen LogP contribution is -1.94. The third kappa shape index (κ3) is 1.49. The van der Waals surface area contributed by atoms with Crippen LogP contribution in [0.5, 0.6) is 5.75 Å². The summed E-state index contributed by atoms with van der Waals surface area (Å²) in [6, 6.07) is 1.71. The molecule has 0 bridgehead atoms. The van der Waals surface area contributed by atoms with Crippen LogP contribution in [0.3, 0.4) is 0 Å². The fourth-order valence-corrected chi connectivity index (χ4v) is 0.758. The van der Waals surface area contributed by atoms with Crippen molar-refractivity contribution in [3.05, 3.63) is 24.5 Å². The molecule has 0 atom stereocenters. The third-order valence-electron chi connectivity index (χ3n) is 1.35. The Kier molecular flexibility index (Phi) is 2.11. The highest BCUT2D eigenvalue weighted by atomic mass is 16.5. The molecule has 0 saturated carbocycles. The lowest BCUT2D eigenvalue weighted by Gasteiger charge is -2.02. The highest BCUT2D eigenvalue weighted by Crippen LogP contribution is 2.19. The molecule has 0 aliphatic carbocycles. The van der Waals surface area contributed by atoms with Crippen molar-refractivity contribution in [3.8, 4) is 5.75 Å². The molecule has 0 spiro atoms. The van der Waals surface area contributed by atoms with E-state index in [-0.39, 0.29) is 0 Å². The first-order valence-corrected chi connectivity index (χ1v) is 3.20. The van der Waals surface area contributed by atoms with Crippen LogP contribution in [0, 0.1) is 0 Å². The molecule has 1 heterocycles. The number of hydrogen-bond acceptors (Lipinski definition) is 3. The van der Waals surface area contributed by atoms with E-state index in [1.54, 1.807) is 25.4 Å². The molecule has 1 aromatic heterocycles. The van der Waals surface area contributed by atoms with Gasteiger partial charge in [0.25, 0.3) is 0 Å². The molecule has 0 unspecified atom stereocenters. The standard InChI is InChI=1S/C8H10N2O/c1-3-6-4-7(9)8(11-2)5-10-6/h3-5H,1H2,2H3,(H2,9,10). The summed E-state index contributed by atoms with van der Waals surface area (Å²) in [6.07, 6.45) is 3.21. The molecule has 3 nitrogen and oxygen atoms in total. The van der Waals surface area contributed by atoms with E-state index in [4.69, 9.17) is 10.5 Å². The summed E-state index contributed by atoms with van der Waals surface area (Å²) in [5, 5.41) is 0. The van der Waals surface area contributed by atoms with Gasteiger partial charge in [0.05, 0.1) is 24.7 Å². The zero-order valence-electron chi connectivity index (χ0n) is 6.37. The SMILES string of the molecule is C=Cc1cc(N)c(OC)cn1. The minimum absolute atomic E-state index is 0.581. The Morgan fingerprint density at radius 3 is 2.91 bits per heavy atom. The van der Waals surface area contributed by atoms with Gasteiger partial charge in [0.15, 0.2) is 5.75 Å². The minimum atomic E-state index is 0.581. The summed E-state index contributed by atoms with van der Waals surface area (Å²) in [5.74, 6) is 0.593. The molecule has 2 N–H and O–H groups in total. The van der Waals surface area contributed by atoms with Gasteiger partial charge in [0, 0.05) is 0 Å². The summed E-state index contributed by atoms with van der Waals surface area (Å²) in [6.45, 7) is 3.57. The van der Waals surface area contributed by atoms with Crippen LogP contribution in [0.2, 0.25) is 0 Å². The van der Waals surface area contributed by atoms with E-state index in [1.807, 2.05) is 0 Å². The van der Waals surface area contributed by atoms with Gasteiger partial charge in [0.1, 0.15) is 0 Å². The molecule has 0 aromatic carbocycles. The Bertz CT molecular complexity index is 271. The van der Waals surface area contributed by atoms with Crippen LogP contribution in [0.25, 0.3) is 6.08 Å². The van der Waals surface area contributed by atoms with Gasteiger partial charge in [-0.15, -0.1) is 0 Å². The molecule has 1 aromatic rings. The maximum atomic E-state index is 5.59. The molecule has 0 radical (unpaired) electrons. The zero-order chi connectivity index (χ0) is 8.27. The predicted molar refractivity (Wildman–Crippen MR) is 45.3 cm³/mol. The van der Waals surface area contributed by atoms with E-state index in [0.29, 0.717) is 11.4 Å². The maximum absolute atomic E-state index is 5.59. The summed E-state index contributed by atoms with van der Waals surface area (Å²) in [7, 11) is 1.56. The molecule has 58 valence electrons. The number of nitrogen functional groups attached to an aromatic ring is 1. The highest BCUT2D eigenvalue weighted by Gasteiger charge is 1.98. The van der Waals surface area contributed by atoms with Crippen molar-refractivity contribution in [1.29, 1.82) is 0 Å². The monoisotopic (exact) mass is 150 g/mol. The topological polar surface area (TPSA) is 48.1 Å². The zero-order valence-corrected chi connectivity index (χ0v) is 6.37. The van der Waals surface area contributed by atoms with Gasteiger partial charge in [-0.2, -0.15) is 0 Å². The fourth-order valence-electron chi connectivity index (χ4n) is 0.758. The van der Waals surface area contributed by atoms with Crippen molar-refractivity contribution in [1.82, 2.24) is 4.98 Å². The van der Waals surface area contributed by atoms with Gasteiger partial charge in [-0.1, -0.05) is 6.58 Å². The van der Waals surface area contributed by atoms with Gasteiger partial charge in [-0.3, -0.25) is 4.98 Å². The Hall–Kier alpha value is -1.51.